The van der Waals surface area contributed by atoms with Gasteiger partial charge in [-0.1, -0.05) is 13.8 Å². The van der Waals surface area contributed by atoms with Gasteiger partial charge >= 0.3 is 0 Å². The fourth-order valence-electron chi connectivity index (χ4n) is 3.69. The highest BCUT2D eigenvalue weighted by atomic mass is 16.5. The second-order valence-electron chi connectivity index (χ2n) is 8.31. The molecule has 0 unspecified atom stereocenters. The maximum Gasteiger partial charge on any atom is 0.203 e. The van der Waals surface area contributed by atoms with Gasteiger partial charge < -0.3 is 28.7 Å². The fraction of sp³-hybridized carbons (Fsp3) is 0.375. The van der Waals surface area contributed by atoms with E-state index >= 15 is 0 Å². The minimum Gasteiger partial charge on any atom is -0.493 e. The van der Waals surface area contributed by atoms with E-state index < -0.39 is 0 Å². The first-order valence-corrected chi connectivity index (χ1v) is 10.9. The lowest BCUT2D eigenvalue weighted by Crippen LogP contribution is -2.06. The van der Waals surface area contributed by atoms with E-state index in [-0.39, 0.29) is 5.92 Å². The lowest BCUT2D eigenvalue weighted by atomic mass is 10.2. The SMILES string of the molecule is COc1cc(-n2cnc(Nc3nc(C(C)C)nc4c3ccn4C(C)C)c2)cc(OC)c1OC. The number of aromatic nitrogens is 5. The van der Waals surface area contributed by atoms with Gasteiger partial charge in [-0.25, -0.2) is 15.0 Å². The van der Waals surface area contributed by atoms with Gasteiger partial charge in [0.25, 0.3) is 0 Å². The number of anilines is 2. The van der Waals surface area contributed by atoms with E-state index in [4.69, 9.17) is 24.2 Å². The molecule has 4 rings (SSSR count). The number of nitrogens with zero attached hydrogens (tertiary/aromatic N) is 5. The summed E-state index contributed by atoms with van der Waals surface area (Å²) in [5.74, 6) is 4.07. The van der Waals surface area contributed by atoms with Crippen molar-refractivity contribution in [2.45, 2.75) is 39.7 Å². The molecule has 9 nitrogen and oxygen atoms in total. The Bertz CT molecular complexity index is 1250. The lowest BCUT2D eigenvalue weighted by Gasteiger charge is -2.14. The van der Waals surface area contributed by atoms with E-state index in [0.29, 0.717) is 29.1 Å². The van der Waals surface area contributed by atoms with Crippen molar-refractivity contribution in [3.05, 3.63) is 42.7 Å². The first kappa shape index (κ1) is 22.4. The summed E-state index contributed by atoms with van der Waals surface area (Å²) in [6.45, 7) is 8.46. The normalized spacial score (nSPS) is 11.4. The molecule has 0 aliphatic carbocycles. The van der Waals surface area contributed by atoms with Gasteiger partial charge in [0.05, 0.1) is 38.6 Å². The van der Waals surface area contributed by atoms with Gasteiger partial charge in [-0.2, -0.15) is 0 Å². The van der Waals surface area contributed by atoms with Crippen LogP contribution in [0, 0.1) is 0 Å². The zero-order valence-electron chi connectivity index (χ0n) is 20.1. The first-order chi connectivity index (χ1) is 15.9. The lowest BCUT2D eigenvalue weighted by molar-refractivity contribution is 0.324. The molecule has 0 fully saturated rings. The number of nitrogens with one attached hydrogen (secondary N) is 1. The Morgan fingerprint density at radius 2 is 1.64 bits per heavy atom. The summed E-state index contributed by atoms with van der Waals surface area (Å²) in [5, 5.41) is 4.33. The maximum atomic E-state index is 5.48. The summed E-state index contributed by atoms with van der Waals surface area (Å²) >= 11 is 0. The fourth-order valence-corrected chi connectivity index (χ4v) is 3.69. The number of ether oxygens (including phenoxy) is 3. The minimum absolute atomic E-state index is 0.197. The van der Waals surface area contributed by atoms with Gasteiger partial charge in [0.2, 0.25) is 5.75 Å². The molecule has 1 aromatic carbocycles. The Balaban J connectivity index is 1.73. The summed E-state index contributed by atoms with van der Waals surface area (Å²) in [6, 6.07) is 6.08. The molecular weight excluding hydrogens is 420 g/mol. The van der Waals surface area contributed by atoms with Gasteiger partial charge in [0, 0.05) is 30.3 Å². The molecule has 0 aliphatic rings. The van der Waals surface area contributed by atoms with E-state index in [9.17, 15) is 0 Å². The van der Waals surface area contributed by atoms with Crippen LogP contribution in [0.1, 0.15) is 45.5 Å². The predicted octanol–water partition coefficient (Wildman–Crippen LogP) is 5.09. The van der Waals surface area contributed by atoms with Crippen LogP contribution in [0.15, 0.2) is 36.9 Å². The number of methoxy groups -OCH3 is 3. The van der Waals surface area contributed by atoms with Crippen molar-refractivity contribution in [2.75, 3.05) is 26.6 Å². The molecular formula is C24H30N6O3. The molecule has 33 heavy (non-hydrogen) atoms. The predicted molar refractivity (Wildman–Crippen MR) is 129 cm³/mol. The van der Waals surface area contributed by atoms with Crippen LogP contribution < -0.4 is 19.5 Å². The van der Waals surface area contributed by atoms with Crippen molar-refractivity contribution in [3.8, 4) is 22.9 Å². The largest absolute Gasteiger partial charge is 0.493 e. The van der Waals surface area contributed by atoms with Crippen LogP contribution in [0.5, 0.6) is 17.2 Å². The summed E-state index contributed by atoms with van der Waals surface area (Å²) < 4.78 is 20.4. The molecule has 0 bridgehead atoms. The highest BCUT2D eigenvalue weighted by Gasteiger charge is 2.17. The van der Waals surface area contributed by atoms with Crippen LogP contribution in [0.25, 0.3) is 16.7 Å². The molecule has 0 saturated carbocycles. The Labute approximate surface area is 193 Å². The van der Waals surface area contributed by atoms with Crippen LogP contribution in [0.2, 0.25) is 0 Å². The number of hydrogen-bond donors (Lipinski definition) is 1. The average Bonchev–Trinajstić information content (AvgIpc) is 3.45. The minimum atomic E-state index is 0.197. The molecule has 0 amide bonds. The Kier molecular flexibility index (Phi) is 6.13. The summed E-state index contributed by atoms with van der Waals surface area (Å²) in [5.41, 5.74) is 1.74. The van der Waals surface area contributed by atoms with Crippen LogP contribution in [0.4, 0.5) is 11.6 Å². The van der Waals surface area contributed by atoms with Crippen LogP contribution in [-0.2, 0) is 0 Å². The van der Waals surface area contributed by atoms with E-state index in [0.717, 1.165) is 28.4 Å². The molecule has 1 N–H and O–H groups in total. The standard InChI is InChI=1S/C24H30N6O3/c1-14(2)22-27-23(17-8-9-30(15(3)4)24(17)28-22)26-20-12-29(13-25-20)16-10-18(31-5)21(33-7)19(11-16)32-6/h8-15H,1-7H3,(H,26,27,28). The zero-order valence-corrected chi connectivity index (χ0v) is 20.1. The van der Waals surface area contributed by atoms with Crippen molar-refractivity contribution >= 4 is 22.7 Å². The zero-order chi connectivity index (χ0) is 23.7. The monoisotopic (exact) mass is 450 g/mol. The summed E-state index contributed by atoms with van der Waals surface area (Å²) in [7, 11) is 4.77. The summed E-state index contributed by atoms with van der Waals surface area (Å²) in [4.78, 5) is 14.1. The van der Waals surface area contributed by atoms with Gasteiger partial charge in [-0.15, -0.1) is 0 Å². The number of fused-ring (bicyclic) bond motifs is 1. The quantitative estimate of drug-likeness (QED) is 0.400. The molecule has 0 atom stereocenters. The van der Waals surface area contributed by atoms with E-state index in [1.54, 1.807) is 27.7 Å². The Hall–Kier alpha value is -3.75. The first-order valence-electron chi connectivity index (χ1n) is 10.9. The van der Waals surface area contributed by atoms with Crippen LogP contribution >= 0.6 is 0 Å². The molecule has 0 aliphatic heterocycles. The molecule has 0 saturated heterocycles. The Morgan fingerprint density at radius 3 is 2.21 bits per heavy atom. The third kappa shape index (κ3) is 4.18. The van der Waals surface area contributed by atoms with E-state index in [2.05, 4.69) is 42.6 Å². The van der Waals surface area contributed by atoms with Crippen molar-refractivity contribution in [2.24, 2.45) is 0 Å². The molecule has 3 heterocycles. The second-order valence-corrected chi connectivity index (χ2v) is 8.31. The molecule has 174 valence electrons. The van der Waals surface area contributed by atoms with Crippen LogP contribution in [0.3, 0.4) is 0 Å². The van der Waals surface area contributed by atoms with Crippen molar-refractivity contribution < 1.29 is 14.2 Å². The van der Waals surface area contributed by atoms with Gasteiger partial charge in [-0.3, -0.25) is 0 Å². The van der Waals surface area contributed by atoms with E-state index in [1.807, 2.05) is 35.2 Å². The maximum absolute atomic E-state index is 5.48. The topological polar surface area (TPSA) is 88.2 Å². The van der Waals surface area contributed by atoms with Gasteiger partial charge in [0.15, 0.2) is 11.5 Å². The summed E-state index contributed by atoms with van der Waals surface area (Å²) in [6.07, 6.45) is 5.67. The van der Waals surface area contributed by atoms with Crippen molar-refractivity contribution in [1.82, 2.24) is 24.1 Å². The molecule has 4 aromatic rings. The number of hydrogen-bond acceptors (Lipinski definition) is 7. The van der Waals surface area contributed by atoms with E-state index in [1.165, 1.54) is 0 Å². The smallest absolute Gasteiger partial charge is 0.203 e. The molecule has 0 radical (unpaired) electrons. The molecule has 3 aromatic heterocycles. The highest BCUT2D eigenvalue weighted by Crippen LogP contribution is 2.39. The molecule has 9 heteroatoms. The third-order valence-corrected chi connectivity index (χ3v) is 5.44. The van der Waals surface area contributed by atoms with Crippen molar-refractivity contribution in [1.29, 1.82) is 0 Å². The third-order valence-electron chi connectivity index (χ3n) is 5.44. The number of rotatable bonds is 8. The van der Waals surface area contributed by atoms with Crippen molar-refractivity contribution in [3.63, 3.8) is 0 Å². The average molecular weight is 451 g/mol. The van der Waals surface area contributed by atoms with Gasteiger partial charge in [-0.05, 0) is 19.9 Å². The second kappa shape index (κ2) is 9.01. The van der Waals surface area contributed by atoms with Gasteiger partial charge in [0.1, 0.15) is 29.4 Å². The van der Waals surface area contributed by atoms with Crippen LogP contribution in [-0.4, -0.2) is 45.4 Å². The Morgan fingerprint density at radius 1 is 0.939 bits per heavy atom. The highest BCUT2D eigenvalue weighted by molar-refractivity contribution is 5.89. The number of imidazole rings is 1. The molecule has 0 spiro atoms. The number of benzene rings is 1.